The first-order chi connectivity index (χ1) is 20.5. The maximum Gasteiger partial charge on any atom is 0.253 e. The molecular formula is C30H30FN7O4. The van der Waals surface area contributed by atoms with Crippen molar-refractivity contribution in [3.63, 3.8) is 0 Å². The van der Waals surface area contributed by atoms with Gasteiger partial charge < -0.3 is 24.0 Å². The molecular weight excluding hydrogens is 541 g/mol. The van der Waals surface area contributed by atoms with E-state index in [9.17, 15) is 9.18 Å². The van der Waals surface area contributed by atoms with Crippen molar-refractivity contribution in [3.8, 4) is 22.9 Å². The van der Waals surface area contributed by atoms with Gasteiger partial charge in [-0.15, -0.1) is 5.10 Å². The highest BCUT2D eigenvalue weighted by Gasteiger charge is 2.38. The van der Waals surface area contributed by atoms with Crippen LogP contribution in [-0.2, 0) is 6.42 Å². The maximum absolute atomic E-state index is 13.3. The van der Waals surface area contributed by atoms with Crippen molar-refractivity contribution in [2.24, 2.45) is 0 Å². The van der Waals surface area contributed by atoms with Gasteiger partial charge in [0.1, 0.15) is 11.9 Å². The quantitative estimate of drug-likeness (QED) is 0.358. The molecule has 0 saturated carbocycles. The molecule has 1 aromatic heterocycles. The van der Waals surface area contributed by atoms with Crippen LogP contribution in [0.2, 0.25) is 0 Å². The summed E-state index contributed by atoms with van der Waals surface area (Å²) in [5.41, 5.74) is 4.36. The van der Waals surface area contributed by atoms with Crippen molar-refractivity contribution in [2.45, 2.75) is 12.5 Å². The van der Waals surface area contributed by atoms with Crippen LogP contribution < -0.4 is 19.1 Å². The minimum absolute atomic E-state index is 0.0287. The number of methoxy groups -OCH3 is 1. The van der Waals surface area contributed by atoms with E-state index in [0.29, 0.717) is 54.8 Å². The van der Waals surface area contributed by atoms with Crippen LogP contribution in [0.3, 0.4) is 0 Å². The van der Waals surface area contributed by atoms with Crippen molar-refractivity contribution < 1.29 is 23.4 Å². The predicted molar refractivity (Wildman–Crippen MR) is 151 cm³/mol. The van der Waals surface area contributed by atoms with Gasteiger partial charge in [-0.3, -0.25) is 9.69 Å². The van der Waals surface area contributed by atoms with Crippen LogP contribution in [-0.4, -0.2) is 89.6 Å². The summed E-state index contributed by atoms with van der Waals surface area (Å²) < 4.78 is 32.2. The number of benzene rings is 3. The molecule has 1 fully saturated rings. The van der Waals surface area contributed by atoms with Gasteiger partial charge >= 0.3 is 0 Å². The standard InChI is InChI=1S/C30H30FN7O4/c1-35-12-11-20-17-24-27(42-18-41-24)28(40-2)25(20)26(35)29-32-33-34-38(29)23-7-3-19(4-8-23)30(39)37-15-13-36(14-16-37)22-9-5-21(31)6-10-22/h3-10,17,26H,11-16,18H2,1-2H3/t26-/m0/s1. The number of carbonyl (C=O) groups excluding carboxylic acids is 1. The average molecular weight is 572 g/mol. The zero-order chi connectivity index (χ0) is 28.8. The van der Waals surface area contributed by atoms with E-state index in [1.165, 1.54) is 12.1 Å². The molecule has 0 N–H and O–H groups in total. The van der Waals surface area contributed by atoms with Crippen LogP contribution in [0.5, 0.6) is 17.2 Å². The largest absolute Gasteiger partial charge is 0.492 e. The second-order valence-electron chi connectivity index (χ2n) is 10.6. The zero-order valence-corrected chi connectivity index (χ0v) is 23.4. The molecule has 1 atom stereocenters. The molecule has 4 aromatic rings. The summed E-state index contributed by atoms with van der Waals surface area (Å²) in [6, 6.07) is 15.5. The van der Waals surface area contributed by atoms with Crippen LogP contribution in [0.25, 0.3) is 5.69 Å². The Balaban J connectivity index is 1.12. The topological polar surface area (TPSA) is 98.1 Å². The van der Waals surface area contributed by atoms with E-state index in [-0.39, 0.29) is 24.6 Å². The molecule has 3 aromatic carbocycles. The number of amides is 1. The fourth-order valence-electron chi connectivity index (χ4n) is 6.05. The van der Waals surface area contributed by atoms with Crippen molar-refractivity contribution in [2.75, 3.05) is 58.6 Å². The Kier molecular flexibility index (Phi) is 6.62. The molecule has 0 aliphatic carbocycles. The number of aromatic nitrogens is 4. The molecule has 42 heavy (non-hydrogen) atoms. The molecule has 7 rings (SSSR count). The Labute approximate surface area is 242 Å². The normalized spacial score (nSPS) is 18.2. The molecule has 12 heteroatoms. The summed E-state index contributed by atoms with van der Waals surface area (Å²) in [6.45, 7) is 3.50. The van der Waals surface area contributed by atoms with Crippen molar-refractivity contribution in [1.82, 2.24) is 30.0 Å². The number of anilines is 1. The van der Waals surface area contributed by atoms with E-state index in [1.807, 2.05) is 42.3 Å². The summed E-state index contributed by atoms with van der Waals surface area (Å²) in [6.07, 6.45) is 0.825. The molecule has 0 bridgehead atoms. The molecule has 11 nitrogen and oxygen atoms in total. The fraction of sp³-hybridized carbons (Fsp3) is 0.333. The Hall–Kier alpha value is -4.71. The van der Waals surface area contributed by atoms with Gasteiger partial charge in [0.25, 0.3) is 5.91 Å². The van der Waals surface area contributed by atoms with Gasteiger partial charge in [0.2, 0.25) is 12.5 Å². The minimum Gasteiger partial charge on any atom is -0.492 e. The number of likely N-dealkylation sites (N-methyl/N-ethyl adjacent to an activating group) is 1. The summed E-state index contributed by atoms with van der Waals surface area (Å²) in [4.78, 5) is 19.5. The van der Waals surface area contributed by atoms with Crippen LogP contribution in [0.4, 0.5) is 10.1 Å². The Bertz CT molecular complexity index is 1620. The number of nitrogens with zero attached hydrogens (tertiary/aromatic N) is 7. The van der Waals surface area contributed by atoms with Crippen molar-refractivity contribution in [1.29, 1.82) is 0 Å². The second kappa shape index (κ2) is 10.6. The van der Waals surface area contributed by atoms with Gasteiger partial charge in [-0.25, -0.2) is 4.39 Å². The minimum atomic E-state index is -0.285. The first kappa shape index (κ1) is 26.2. The van der Waals surface area contributed by atoms with E-state index in [2.05, 4.69) is 25.3 Å². The summed E-state index contributed by atoms with van der Waals surface area (Å²) in [5, 5.41) is 12.8. The van der Waals surface area contributed by atoms with E-state index in [4.69, 9.17) is 14.2 Å². The van der Waals surface area contributed by atoms with Gasteiger partial charge in [-0.05, 0) is 84.1 Å². The zero-order valence-electron chi connectivity index (χ0n) is 23.4. The number of hydrogen-bond donors (Lipinski definition) is 0. The monoisotopic (exact) mass is 571 g/mol. The van der Waals surface area contributed by atoms with E-state index < -0.39 is 0 Å². The van der Waals surface area contributed by atoms with Crippen LogP contribution in [0.15, 0.2) is 54.6 Å². The summed E-state index contributed by atoms with van der Waals surface area (Å²) in [5.74, 6) is 2.26. The number of rotatable bonds is 5. The lowest BCUT2D eigenvalue weighted by molar-refractivity contribution is 0.0747. The van der Waals surface area contributed by atoms with Crippen molar-refractivity contribution in [3.05, 3.63) is 82.9 Å². The van der Waals surface area contributed by atoms with E-state index in [0.717, 1.165) is 35.5 Å². The lowest BCUT2D eigenvalue weighted by Gasteiger charge is -2.36. The maximum atomic E-state index is 13.3. The average Bonchev–Trinajstić information content (AvgIpc) is 3.70. The summed E-state index contributed by atoms with van der Waals surface area (Å²) in [7, 11) is 3.67. The van der Waals surface area contributed by atoms with Gasteiger partial charge in [0, 0.05) is 49.5 Å². The summed E-state index contributed by atoms with van der Waals surface area (Å²) >= 11 is 0. The van der Waals surface area contributed by atoms with Gasteiger partial charge in [0.15, 0.2) is 17.3 Å². The lowest BCUT2D eigenvalue weighted by atomic mass is 9.90. The lowest BCUT2D eigenvalue weighted by Crippen LogP contribution is -2.48. The third-order valence-electron chi connectivity index (χ3n) is 8.25. The molecule has 0 unspecified atom stereocenters. The number of ether oxygens (including phenoxy) is 3. The molecule has 3 aliphatic rings. The number of piperazine rings is 1. The molecule has 1 saturated heterocycles. The SMILES string of the molecule is COc1c2c(cc3c1[C@@H](c1nnnn1-c1ccc(C(=O)N4CCN(c5ccc(F)cc5)CC4)cc1)N(C)CC3)OCO2. The Morgan fingerprint density at radius 1 is 0.976 bits per heavy atom. The van der Waals surface area contributed by atoms with Gasteiger partial charge in [-0.2, -0.15) is 4.68 Å². The molecule has 1 amide bonds. The number of tetrazole rings is 1. The molecule has 4 heterocycles. The Morgan fingerprint density at radius 2 is 1.71 bits per heavy atom. The van der Waals surface area contributed by atoms with Crippen LogP contribution in [0, 0.1) is 5.82 Å². The number of fused-ring (bicyclic) bond motifs is 2. The molecule has 3 aliphatic heterocycles. The molecule has 0 spiro atoms. The fourth-order valence-corrected chi connectivity index (χ4v) is 6.05. The highest BCUT2D eigenvalue weighted by atomic mass is 19.1. The third-order valence-corrected chi connectivity index (χ3v) is 8.25. The second-order valence-corrected chi connectivity index (χ2v) is 10.6. The Morgan fingerprint density at radius 3 is 2.45 bits per heavy atom. The first-order valence-corrected chi connectivity index (χ1v) is 13.9. The molecule has 0 radical (unpaired) electrons. The highest BCUT2D eigenvalue weighted by Crippen LogP contribution is 2.50. The van der Waals surface area contributed by atoms with Crippen LogP contribution >= 0.6 is 0 Å². The number of halogens is 1. The third kappa shape index (κ3) is 4.48. The van der Waals surface area contributed by atoms with Gasteiger partial charge in [0.05, 0.1) is 12.8 Å². The number of carbonyl (C=O) groups is 1. The molecule has 216 valence electrons. The number of hydrogen-bond acceptors (Lipinski definition) is 9. The highest BCUT2D eigenvalue weighted by molar-refractivity contribution is 5.94. The predicted octanol–water partition coefficient (Wildman–Crippen LogP) is 3.08. The van der Waals surface area contributed by atoms with E-state index >= 15 is 0 Å². The van der Waals surface area contributed by atoms with E-state index in [1.54, 1.807) is 23.9 Å². The van der Waals surface area contributed by atoms with Crippen LogP contribution in [0.1, 0.15) is 33.4 Å². The first-order valence-electron chi connectivity index (χ1n) is 13.9. The van der Waals surface area contributed by atoms with Crippen molar-refractivity contribution >= 4 is 11.6 Å². The van der Waals surface area contributed by atoms with Gasteiger partial charge in [-0.1, -0.05) is 0 Å². The smallest absolute Gasteiger partial charge is 0.253 e.